The first kappa shape index (κ1) is 18.1. The largest absolute Gasteiger partial charge is 0.478 e. The minimum Gasteiger partial charge on any atom is -0.478 e. The molecule has 1 amide bonds. The van der Waals surface area contributed by atoms with E-state index in [1.807, 2.05) is 13.8 Å². The summed E-state index contributed by atoms with van der Waals surface area (Å²) in [6.45, 7) is 8.15. The average molecular weight is 346 g/mol. The number of hydrogen-bond acceptors (Lipinski definition) is 4. The maximum atomic E-state index is 12.7. The molecule has 128 valence electrons. The Morgan fingerprint density at radius 3 is 2.12 bits per heavy atom. The molecule has 0 bridgehead atoms. The van der Waals surface area contributed by atoms with Gasteiger partial charge in [-0.05, 0) is 38.1 Å². The van der Waals surface area contributed by atoms with Crippen LogP contribution in [0.25, 0.3) is 0 Å². The first-order valence-corrected chi connectivity index (χ1v) is 8.61. The molecule has 2 aromatic rings. The number of rotatable bonds is 5. The second-order valence-electron chi connectivity index (χ2n) is 6.13. The topological polar surface area (TPSA) is 70.5 Å². The van der Waals surface area contributed by atoms with Gasteiger partial charge in [-0.2, -0.15) is 0 Å². The highest BCUT2D eigenvalue weighted by Gasteiger charge is 2.23. The van der Waals surface area contributed by atoms with Gasteiger partial charge in [-0.1, -0.05) is 13.8 Å². The fraction of sp³-hybridized carbons (Fsp3) is 0.389. The Balaban J connectivity index is 2.22. The molecule has 0 saturated heterocycles. The van der Waals surface area contributed by atoms with Crippen LogP contribution in [0.15, 0.2) is 24.3 Å². The molecule has 0 aliphatic heterocycles. The van der Waals surface area contributed by atoms with Crippen LogP contribution in [0.3, 0.4) is 0 Å². The SMILES string of the molecule is Cc1nc(C(C)C)sc1C(C)N(C)C(=O)c1ccc(C(=O)O)cc1. The molecule has 0 fully saturated rings. The summed E-state index contributed by atoms with van der Waals surface area (Å²) in [6, 6.07) is 5.90. The Morgan fingerprint density at radius 1 is 1.12 bits per heavy atom. The molecule has 6 heteroatoms. The molecule has 0 radical (unpaired) electrons. The van der Waals surface area contributed by atoms with E-state index in [1.165, 1.54) is 12.1 Å². The number of carbonyl (C=O) groups excluding carboxylic acids is 1. The molecule has 1 aromatic carbocycles. The zero-order valence-corrected chi connectivity index (χ0v) is 15.3. The van der Waals surface area contributed by atoms with Gasteiger partial charge in [0.15, 0.2) is 0 Å². The zero-order chi connectivity index (χ0) is 18.0. The molecule has 0 spiro atoms. The van der Waals surface area contributed by atoms with Crippen LogP contribution in [0.4, 0.5) is 0 Å². The van der Waals surface area contributed by atoms with Crippen molar-refractivity contribution >= 4 is 23.2 Å². The second-order valence-corrected chi connectivity index (χ2v) is 7.19. The number of aromatic nitrogens is 1. The van der Waals surface area contributed by atoms with Crippen molar-refractivity contribution in [2.45, 2.75) is 39.7 Å². The van der Waals surface area contributed by atoms with E-state index in [1.54, 1.807) is 35.4 Å². The molecule has 24 heavy (non-hydrogen) atoms. The van der Waals surface area contributed by atoms with Crippen LogP contribution in [0, 0.1) is 6.92 Å². The maximum absolute atomic E-state index is 12.7. The molecule has 0 aliphatic carbocycles. The molecular formula is C18H22N2O3S. The van der Waals surface area contributed by atoms with Crippen LogP contribution in [0.5, 0.6) is 0 Å². The van der Waals surface area contributed by atoms with Gasteiger partial charge in [-0.15, -0.1) is 11.3 Å². The summed E-state index contributed by atoms with van der Waals surface area (Å²) in [5, 5.41) is 10.0. The molecule has 5 nitrogen and oxygen atoms in total. The van der Waals surface area contributed by atoms with Crippen molar-refractivity contribution in [3.05, 3.63) is 51.0 Å². The number of aryl methyl sites for hydroxylation is 1. The van der Waals surface area contributed by atoms with Crippen LogP contribution in [-0.4, -0.2) is 33.9 Å². The van der Waals surface area contributed by atoms with Crippen molar-refractivity contribution in [2.24, 2.45) is 0 Å². The third-order valence-corrected chi connectivity index (χ3v) is 5.63. The van der Waals surface area contributed by atoms with E-state index in [-0.39, 0.29) is 17.5 Å². The van der Waals surface area contributed by atoms with Gasteiger partial charge in [-0.25, -0.2) is 9.78 Å². The van der Waals surface area contributed by atoms with E-state index < -0.39 is 5.97 Å². The number of carboxylic acids is 1. The second kappa shape index (κ2) is 7.13. The van der Waals surface area contributed by atoms with Gasteiger partial charge in [0.25, 0.3) is 5.91 Å². The van der Waals surface area contributed by atoms with E-state index >= 15 is 0 Å². The minimum atomic E-state index is -1.00. The van der Waals surface area contributed by atoms with Gasteiger partial charge < -0.3 is 10.0 Å². The van der Waals surface area contributed by atoms with E-state index in [0.717, 1.165) is 15.6 Å². The van der Waals surface area contributed by atoms with E-state index in [4.69, 9.17) is 5.11 Å². The Hall–Kier alpha value is -2.21. The zero-order valence-electron chi connectivity index (χ0n) is 14.5. The molecule has 1 N–H and O–H groups in total. The maximum Gasteiger partial charge on any atom is 0.335 e. The highest BCUT2D eigenvalue weighted by atomic mass is 32.1. The molecule has 1 aromatic heterocycles. The lowest BCUT2D eigenvalue weighted by Crippen LogP contribution is -2.29. The lowest BCUT2D eigenvalue weighted by atomic mass is 10.1. The Kier molecular flexibility index (Phi) is 5.39. The summed E-state index contributed by atoms with van der Waals surface area (Å²) in [4.78, 5) is 30.9. The number of nitrogens with zero attached hydrogens (tertiary/aromatic N) is 2. The number of benzene rings is 1. The molecule has 0 aliphatic rings. The molecule has 1 unspecified atom stereocenters. The van der Waals surface area contributed by atoms with Gasteiger partial charge in [0.1, 0.15) is 0 Å². The van der Waals surface area contributed by atoms with Gasteiger partial charge >= 0.3 is 5.97 Å². The molecular weight excluding hydrogens is 324 g/mol. The number of amides is 1. The molecule has 1 heterocycles. The van der Waals surface area contributed by atoms with Gasteiger partial charge in [0, 0.05) is 23.4 Å². The normalized spacial score (nSPS) is 12.2. The van der Waals surface area contributed by atoms with E-state index in [0.29, 0.717) is 11.5 Å². The Morgan fingerprint density at radius 2 is 1.67 bits per heavy atom. The lowest BCUT2D eigenvalue weighted by Gasteiger charge is -2.24. The highest BCUT2D eigenvalue weighted by molar-refractivity contribution is 7.11. The van der Waals surface area contributed by atoms with Crippen molar-refractivity contribution < 1.29 is 14.7 Å². The van der Waals surface area contributed by atoms with Gasteiger partial charge in [-0.3, -0.25) is 4.79 Å². The van der Waals surface area contributed by atoms with E-state index in [2.05, 4.69) is 18.8 Å². The smallest absolute Gasteiger partial charge is 0.335 e. The molecule has 2 rings (SSSR count). The van der Waals surface area contributed by atoms with Crippen LogP contribution in [0.1, 0.15) is 69.0 Å². The van der Waals surface area contributed by atoms with Crippen molar-refractivity contribution in [3.8, 4) is 0 Å². The van der Waals surface area contributed by atoms with Crippen molar-refractivity contribution in [1.29, 1.82) is 0 Å². The molecule has 0 saturated carbocycles. The highest BCUT2D eigenvalue weighted by Crippen LogP contribution is 2.32. The van der Waals surface area contributed by atoms with Crippen molar-refractivity contribution in [2.75, 3.05) is 7.05 Å². The van der Waals surface area contributed by atoms with E-state index in [9.17, 15) is 9.59 Å². The lowest BCUT2D eigenvalue weighted by molar-refractivity contribution is 0.0693. The summed E-state index contributed by atoms with van der Waals surface area (Å²) in [5.41, 5.74) is 1.60. The number of carbonyl (C=O) groups is 2. The standard InChI is InChI=1S/C18H22N2O3S/c1-10(2)16-19-11(3)15(24-16)12(4)20(5)17(21)13-6-8-14(9-7-13)18(22)23/h6-10,12H,1-5H3,(H,22,23). The number of carboxylic acid groups (broad SMARTS) is 1. The number of hydrogen-bond donors (Lipinski definition) is 1. The van der Waals surface area contributed by atoms with Crippen LogP contribution in [-0.2, 0) is 0 Å². The van der Waals surface area contributed by atoms with Gasteiger partial charge in [0.05, 0.1) is 22.3 Å². The van der Waals surface area contributed by atoms with Crippen molar-refractivity contribution in [3.63, 3.8) is 0 Å². The first-order valence-electron chi connectivity index (χ1n) is 7.80. The van der Waals surface area contributed by atoms with Crippen LogP contribution in [0.2, 0.25) is 0 Å². The average Bonchev–Trinajstić information content (AvgIpc) is 2.95. The summed E-state index contributed by atoms with van der Waals surface area (Å²) < 4.78 is 0. The fourth-order valence-electron chi connectivity index (χ4n) is 2.38. The third-order valence-electron chi connectivity index (χ3n) is 4.00. The van der Waals surface area contributed by atoms with Crippen LogP contribution < -0.4 is 0 Å². The number of aromatic carboxylic acids is 1. The summed E-state index contributed by atoms with van der Waals surface area (Å²) >= 11 is 1.64. The summed E-state index contributed by atoms with van der Waals surface area (Å²) in [5.74, 6) is -0.783. The summed E-state index contributed by atoms with van der Waals surface area (Å²) in [7, 11) is 1.76. The quantitative estimate of drug-likeness (QED) is 0.884. The minimum absolute atomic E-state index is 0.0957. The predicted molar refractivity (Wildman–Crippen MR) is 94.8 cm³/mol. The third kappa shape index (κ3) is 3.64. The summed E-state index contributed by atoms with van der Waals surface area (Å²) in [6.07, 6.45) is 0. The van der Waals surface area contributed by atoms with Crippen LogP contribution >= 0.6 is 11.3 Å². The first-order chi connectivity index (χ1) is 11.2. The fourth-order valence-corrected chi connectivity index (χ4v) is 3.54. The number of thiazole rings is 1. The molecule has 1 atom stereocenters. The Labute approximate surface area is 146 Å². The van der Waals surface area contributed by atoms with Gasteiger partial charge in [0.2, 0.25) is 0 Å². The van der Waals surface area contributed by atoms with Crippen molar-refractivity contribution in [1.82, 2.24) is 9.88 Å². The monoisotopic (exact) mass is 346 g/mol. The predicted octanol–water partition coefficient (Wildman–Crippen LogP) is 4.11. The Bertz CT molecular complexity index is 750.